The summed E-state index contributed by atoms with van der Waals surface area (Å²) in [5.41, 5.74) is 0.604. The van der Waals surface area contributed by atoms with Gasteiger partial charge >= 0.3 is 5.97 Å². The van der Waals surface area contributed by atoms with Crippen LogP contribution >= 0.6 is 23.8 Å². The van der Waals surface area contributed by atoms with Crippen molar-refractivity contribution in [3.8, 4) is 11.3 Å². The SMILES string of the molecule is COCCCn1c(=S)[nH]c(=O)c2c(C(=O)O)cc(-c3ccc(Cl)cc3)nc21. The number of nitrogens with one attached hydrogen (secondary N) is 1. The average Bonchev–Trinajstić information content (AvgIpc) is 2.64. The first kappa shape index (κ1) is 19.2. The van der Waals surface area contributed by atoms with E-state index in [1.807, 2.05) is 0 Å². The fourth-order valence-corrected chi connectivity index (χ4v) is 3.18. The molecule has 0 aliphatic rings. The van der Waals surface area contributed by atoms with Crippen LogP contribution in [-0.2, 0) is 11.3 Å². The van der Waals surface area contributed by atoms with E-state index in [4.69, 9.17) is 28.6 Å². The summed E-state index contributed by atoms with van der Waals surface area (Å²) in [6.07, 6.45) is 0.626. The highest BCUT2D eigenvalue weighted by Gasteiger charge is 2.18. The van der Waals surface area contributed by atoms with E-state index < -0.39 is 11.5 Å². The van der Waals surface area contributed by atoms with Crippen molar-refractivity contribution in [1.82, 2.24) is 14.5 Å². The smallest absolute Gasteiger partial charge is 0.336 e. The first-order chi connectivity index (χ1) is 12.9. The third-order valence-electron chi connectivity index (χ3n) is 4.05. The van der Waals surface area contributed by atoms with Crippen molar-refractivity contribution in [2.75, 3.05) is 13.7 Å². The number of hydrogen-bond acceptors (Lipinski definition) is 5. The highest BCUT2D eigenvalue weighted by atomic mass is 35.5. The Hall–Kier alpha value is -2.55. The summed E-state index contributed by atoms with van der Waals surface area (Å²) in [5.74, 6) is -1.22. The van der Waals surface area contributed by atoms with Gasteiger partial charge in [-0.3, -0.25) is 9.78 Å². The summed E-state index contributed by atoms with van der Waals surface area (Å²) in [6, 6.07) is 8.22. The number of carboxylic acid groups (broad SMARTS) is 1. The van der Waals surface area contributed by atoms with E-state index in [0.29, 0.717) is 35.9 Å². The quantitative estimate of drug-likeness (QED) is 0.481. The number of aromatic nitrogens is 3. The lowest BCUT2D eigenvalue weighted by Crippen LogP contribution is -2.19. The molecule has 0 unspecified atom stereocenters. The van der Waals surface area contributed by atoms with Crippen LogP contribution in [0.3, 0.4) is 0 Å². The number of aromatic amines is 1. The Kier molecular flexibility index (Phi) is 5.69. The van der Waals surface area contributed by atoms with Crippen LogP contribution < -0.4 is 5.56 Å². The highest BCUT2D eigenvalue weighted by Crippen LogP contribution is 2.24. The second-order valence-electron chi connectivity index (χ2n) is 5.82. The molecule has 3 rings (SSSR count). The molecule has 2 aromatic heterocycles. The second-order valence-corrected chi connectivity index (χ2v) is 6.65. The Morgan fingerprint density at radius 3 is 2.70 bits per heavy atom. The van der Waals surface area contributed by atoms with Crippen LogP contribution in [0.5, 0.6) is 0 Å². The molecule has 27 heavy (non-hydrogen) atoms. The van der Waals surface area contributed by atoms with Gasteiger partial charge in [-0.15, -0.1) is 0 Å². The lowest BCUT2D eigenvalue weighted by Gasteiger charge is -2.13. The molecule has 2 heterocycles. The number of benzene rings is 1. The Morgan fingerprint density at radius 2 is 2.07 bits per heavy atom. The first-order valence-corrected chi connectivity index (χ1v) is 8.87. The van der Waals surface area contributed by atoms with Crippen molar-refractivity contribution in [1.29, 1.82) is 0 Å². The minimum absolute atomic E-state index is 0.00812. The van der Waals surface area contributed by atoms with Crippen molar-refractivity contribution < 1.29 is 14.6 Å². The number of carbonyl (C=O) groups is 1. The Bertz CT molecular complexity index is 1120. The fraction of sp³-hybridized carbons (Fsp3) is 0.222. The van der Waals surface area contributed by atoms with Crippen molar-refractivity contribution in [2.45, 2.75) is 13.0 Å². The van der Waals surface area contributed by atoms with Gasteiger partial charge in [-0.25, -0.2) is 9.78 Å². The molecule has 7 nitrogen and oxygen atoms in total. The molecule has 9 heteroatoms. The van der Waals surface area contributed by atoms with E-state index >= 15 is 0 Å². The molecule has 0 atom stereocenters. The van der Waals surface area contributed by atoms with Crippen LogP contribution in [0.4, 0.5) is 0 Å². The number of aryl methyl sites for hydroxylation is 1. The zero-order valence-corrected chi connectivity index (χ0v) is 15.9. The van der Waals surface area contributed by atoms with Gasteiger partial charge < -0.3 is 14.4 Å². The third kappa shape index (κ3) is 3.92. The van der Waals surface area contributed by atoms with Gasteiger partial charge in [-0.05, 0) is 36.8 Å². The first-order valence-electron chi connectivity index (χ1n) is 8.08. The number of H-pyrrole nitrogens is 1. The standard InChI is InChI=1S/C18H16ClN3O4S/c1-26-8-2-7-22-15-14(16(23)21-18(22)27)12(17(24)25)9-13(20-15)10-3-5-11(19)6-4-10/h3-6,9H,2,7-8H2,1H3,(H,24,25)(H,21,23,27). The molecule has 2 N–H and O–H groups in total. The predicted octanol–water partition coefficient (Wildman–Crippen LogP) is 3.51. The molecule has 0 saturated carbocycles. The molecule has 0 amide bonds. The van der Waals surface area contributed by atoms with Crippen molar-refractivity contribution in [3.05, 3.63) is 56.0 Å². The van der Waals surface area contributed by atoms with Crippen molar-refractivity contribution >= 4 is 40.8 Å². The molecular formula is C18H16ClN3O4S. The molecular weight excluding hydrogens is 390 g/mol. The van der Waals surface area contributed by atoms with Gasteiger partial charge in [0.2, 0.25) is 0 Å². The normalized spacial score (nSPS) is 11.0. The molecule has 0 fully saturated rings. The Balaban J connectivity index is 2.32. The fourth-order valence-electron chi connectivity index (χ4n) is 2.79. The number of methoxy groups -OCH3 is 1. The summed E-state index contributed by atoms with van der Waals surface area (Å²) < 4.78 is 6.86. The lowest BCUT2D eigenvalue weighted by molar-refractivity contribution is 0.0699. The lowest BCUT2D eigenvalue weighted by atomic mass is 10.1. The number of hydrogen-bond donors (Lipinski definition) is 2. The molecule has 0 bridgehead atoms. The number of aromatic carboxylic acids is 1. The Morgan fingerprint density at radius 1 is 1.37 bits per heavy atom. The largest absolute Gasteiger partial charge is 0.478 e. The maximum Gasteiger partial charge on any atom is 0.336 e. The van der Waals surface area contributed by atoms with Crippen LogP contribution in [0.15, 0.2) is 35.1 Å². The molecule has 0 radical (unpaired) electrons. The van der Waals surface area contributed by atoms with Crippen LogP contribution in [0.2, 0.25) is 5.02 Å². The van der Waals surface area contributed by atoms with E-state index in [1.54, 1.807) is 35.9 Å². The molecule has 140 valence electrons. The van der Waals surface area contributed by atoms with Gasteiger partial charge in [0.15, 0.2) is 4.77 Å². The molecule has 0 spiro atoms. The number of nitrogens with zero attached hydrogens (tertiary/aromatic N) is 2. The van der Waals surface area contributed by atoms with E-state index in [-0.39, 0.29) is 21.4 Å². The van der Waals surface area contributed by atoms with Gasteiger partial charge in [-0.2, -0.15) is 0 Å². The molecule has 3 aromatic rings. The maximum absolute atomic E-state index is 12.4. The molecule has 0 aliphatic heterocycles. The minimum atomic E-state index is -1.22. The number of rotatable bonds is 6. The zero-order valence-electron chi connectivity index (χ0n) is 14.4. The summed E-state index contributed by atoms with van der Waals surface area (Å²) in [7, 11) is 1.59. The average molecular weight is 406 g/mol. The molecule has 1 aromatic carbocycles. The van der Waals surface area contributed by atoms with E-state index in [9.17, 15) is 14.7 Å². The zero-order chi connectivity index (χ0) is 19.6. The summed E-state index contributed by atoms with van der Waals surface area (Å²) in [5, 5.41) is 10.2. The summed E-state index contributed by atoms with van der Waals surface area (Å²) in [4.78, 5) is 31.3. The second kappa shape index (κ2) is 7.99. The van der Waals surface area contributed by atoms with Gasteiger partial charge in [0.05, 0.1) is 16.6 Å². The maximum atomic E-state index is 12.4. The number of fused-ring (bicyclic) bond motifs is 1. The van der Waals surface area contributed by atoms with E-state index in [2.05, 4.69) is 9.97 Å². The Labute approximate surface area is 164 Å². The van der Waals surface area contributed by atoms with Crippen molar-refractivity contribution in [2.24, 2.45) is 0 Å². The van der Waals surface area contributed by atoms with Gasteiger partial charge in [0, 0.05) is 30.8 Å². The number of halogens is 1. The minimum Gasteiger partial charge on any atom is -0.478 e. The summed E-state index contributed by atoms with van der Waals surface area (Å²) in [6.45, 7) is 0.918. The molecule has 0 saturated heterocycles. The molecule has 0 aliphatic carbocycles. The van der Waals surface area contributed by atoms with Crippen LogP contribution in [-0.4, -0.2) is 39.3 Å². The van der Waals surface area contributed by atoms with Gasteiger partial charge in [0.1, 0.15) is 5.65 Å². The number of carboxylic acids is 1. The van der Waals surface area contributed by atoms with Crippen molar-refractivity contribution in [3.63, 3.8) is 0 Å². The number of ether oxygens (including phenoxy) is 1. The third-order valence-corrected chi connectivity index (χ3v) is 4.62. The monoisotopic (exact) mass is 405 g/mol. The van der Waals surface area contributed by atoms with E-state index in [1.165, 1.54) is 6.07 Å². The van der Waals surface area contributed by atoms with Crippen LogP contribution in [0.1, 0.15) is 16.8 Å². The highest BCUT2D eigenvalue weighted by molar-refractivity contribution is 7.71. The summed E-state index contributed by atoms with van der Waals surface area (Å²) >= 11 is 11.2. The van der Waals surface area contributed by atoms with E-state index in [0.717, 1.165) is 0 Å². The predicted molar refractivity (Wildman–Crippen MR) is 105 cm³/mol. The number of pyridine rings is 1. The van der Waals surface area contributed by atoms with Crippen LogP contribution in [0, 0.1) is 4.77 Å². The van der Waals surface area contributed by atoms with Crippen LogP contribution in [0.25, 0.3) is 22.3 Å². The van der Waals surface area contributed by atoms with Gasteiger partial charge in [-0.1, -0.05) is 23.7 Å². The van der Waals surface area contributed by atoms with Gasteiger partial charge in [0.25, 0.3) is 5.56 Å². The topological polar surface area (TPSA) is 97.2 Å².